The molecule has 1 amide bonds. The molecule has 2 aromatic rings. The number of hydrogen-bond acceptors (Lipinski definition) is 4. The molecule has 1 heterocycles. The van der Waals surface area contributed by atoms with Crippen molar-refractivity contribution >= 4 is 22.0 Å². The van der Waals surface area contributed by atoms with Crippen molar-refractivity contribution in [2.24, 2.45) is 0 Å². The van der Waals surface area contributed by atoms with E-state index in [2.05, 4.69) is 10.3 Å². The van der Waals surface area contributed by atoms with E-state index in [0.717, 1.165) is 26.5 Å². The largest absolute Gasteiger partial charge is 0.351 e. The van der Waals surface area contributed by atoms with E-state index in [1.165, 1.54) is 13.1 Å². The summed E-state index contributed by atoms with van der Waals surface area (Å²) in [6.45, 7) is 3.26. The van der Waals surface area contributed by atoms with Crippen molar-refractivity contribution in [3.63, 3.8) is 0 Å². The minimum Gasteiger partial charge on any atom is -0.351 e. The van der Waals surface area contributed by atoms with Crippen LogP contribution in [0, 0.1) is 13.8 Å². The topological polar surface area (TPSA) is 99.3 Å². The molecule has 0 saturated heterocycles. The molecule has 0 aliphatic carbocycles. The Bertz CT molecular complexity index is 995. The number of H-pyrrole nitrogens is 1. The fourth-order valence-electron chi connectivity index (χ4n) is 2.47. The number of aromatic amines is 1. The van der Waals surface area contributed by atoms with Crippen LogP contribution in [-0.2, 0) is 21.4 Å². The number of benzene rings is 1. The van der Waals surface area contributed by atoms with Crippen molar-refractivity contribution in [2.75, 3.05) is 13.6 Å². The molecule has 0 aliphatic rings. The number of aryl methyl sites for hydroxylation is 2. The minimum atomic E-state index is -3.73. The average Bonchev–Trinajstić information content (AvgIpc) is 2.60. The van der Waals surface area contributed by atoms with E-state index < -0.39 is 15.9 Å². The quantitative estimate of drug-likeness (QED) is 0.750. The van der Waals surface area contributed by atoms with E-state index in [0.29, 0.717) is 5.56 Å². The van der Waals surface area contributed by atoms with E-state index in [9.17, 15) is 18.0 Å². The summed E-state index contributed by atoms with van der Waals surface area (Å²) < 4.78 is 25.5. The van der Waals surface area contributed by atoms with E-state index >= 15 is 0 Å². The lowest BCUT2D eigenvalue weighted by atomic mass is 10.1. The monoisotopic (exact) mass is 389 g/mol. The summed E-state index contributed by atoms with van der Waals surface area (Å²) in [6.07, 6.45) is 1.47. The van der Waals surface area contributed by atoms with Gasteiger partial charge >= 0.3 is 0 Å². The average molecular weight is 389 g/mol. The van der Waals surface area contributed by atoms with Gasteiger partial charge in [-0.3, -0.25) is 9.59 Å². The number of carbonyl (C=O) groups is 1. The van der Waals surface area contributed by atoms with E-state index in [-0.39, 0.29) is 18.6 Å². The number of nitrogens with one attached hydrogen (secondary N) is 2. The molecule has 0 saturated carbocycles. The molecule has 2 N–H and O–H groups in total. The molecular weight excluding hydrogens is 366 g/mol. The molecule has 144 valence electrons. The number of aromatic nitrogens is 1. The second-order valence-electron chi connectivity index (χ2n) is 6.23. The maximum atomic E-state index is 12.3. The Balaban J connectivity index is 1.97. The van der Waals surface area contributed by atoms with Crippen LogP contribution in [0.1, 0.15) is 22.4 Å². The van der Waals surface area contributed by atoms with Crippen LogP contribution in [0.4, 0.5) is 0 Å². The third-order valence-electron chi connectivity index (χ3n) is 3.99. The molecular formula is C19H23N3O4S. The van der Waals surface area contributed by atoms with E-state index in [1.807, 2.05) is 12.1 Å². The first-order valence-corrected chi connectivity index (χ1v) is 9.85. The highest BCUT2D eigenvalue weighted by Crippen LogP contribution is 2.07. The number of nitrogens with zero attached hydrogens (tertiary/aromatic N) is 1. The maximum absolute atomic E-state index is 12.3. The normalized spacial score (nSPS) is 11.9. The van der Waals surface area contributed by atoms with Gasteiger partial charge in [0.25, 0.3) is 5.56 Å². The highest BCUT2D eigenvalue weighted by Gasteiger charge is 2.18. The Hall–Kier alpha value is -2.71. The van der Waals surface area contributed by atoms with Crippen LogP contribution in [0.25, 0.3) is 6.08 Å². The van der Waals surface area contributed by atoms with E-state index in [1.54, 1.807) is 38.1 Å². The fourth-order valence-corrected chi connectivity index (χ4v) is 3.30. The van der Waals surface area contributed by atoms with Gasteiger partial charge in [-0.25, -0.2) is 8.42 Å². The number of sulfonamides is 1. The molecule has 0 spiro atoms. The molecule has 0 unspecified atom stereocenters. The number of rotatable bonds is 7. The maximum Gasteiger partial charge on any atom is 0.253 e. The third kappa shape index (κ3) is 5.90. The summed E-state index contributed by atoms with van der Waals surface area (Å²) >= 11 is 0. The summed E-state index contributed by atoms with van der Waals surface area (Å²) in [6, 6.07) is 10.8. The molecule has 2 rings (SSSR count). The predicted octanol–water partition coefficient (Wildman–Crippen LogP) is 1.54. The van der Waals surface area contributed by atoms with Gasteiger partial charge in [0.1, 0.15) is 0 Å². The summed E-state index contributed by atoms with van der Waals surface area (Å²) in [5.74, 6) is -0.492. The van der Waals surface area contributed by atoms with Crippen LogP contribution >= 0.6 is 0 Å². The molecule has 0 fully saturated rings. The second-order valence-corrected chi connectivity index (χ2v) is 8.16. The Labute approximate surface area is 158 Å². The van der Waals surface area contributed by atoms with Crippen LogP contribution in [0.5, 0.6) is 0 Å². The van der Waals surface area contributed by atoms with Crippen molar-refractivity contribution in [1.82, 2.24) is 14.6 Å². The van der Waals surface area contributed by atoms with Gasteiger partial charge < -0.3 is 10.3 Å². The second kappa shape index (κ2) is 8.79. The van der Waals surface area contributed by atoms with Gasteiger partial charge in [-0.1, -0.05) is 30.3 Å². The molecule has 0 radical (unpaired) electrons. The van der Waals surface area contributed by atoms with Crippen molar-refractivity contribution in [3.05, 3.63) is 74.5 Å². The standard InChI is InChI=1S/C19H23N3O4S/c1-14-11-15(2)21-19(24)17(14)12-20-18(23)13-22(3)27(25,26)10-9-16-7-5-4-6-8-16/h4-11H,12-13H2,1-3H3,(H,20,23)(H,21,24)/b10-9+. The van der Waals surface area contributed by atoms with Crippen molar-refractivity contribution < 1.29 is 13.2 Å². The first-order valence-electron chi connectivity index (χ1n) is 8.34. The number of carbonyl (C=O) groups excluding carboxylic acids is 1. The highest BCUT2D eigenvalue weighted by atomic mass is 32.2. The van der Waals surface area contributed by atoms with Crippen molar-refractivity contribution in [3.8, 4) is 0 Å². The van der Waals surface area contributed by atoms with Crippen LogP contribution < -0.4 is 10.9 Å². The molecule has 8 heteroatoms. The zero-order valence-corrected chi connectivity index (χ0v) is 16.3. The summed E-state index contributed by atoms with van der Waals surface area (Å²) in [5, 5.41) is 3.65. The SMILES string of the molecule is Cc1cc(C)c(CNC(=O)CN(C)S(=O)(=O)/C=C/c2ccccc2)c(=O)[nH]1. The number of pyridine rings is 1. The van der Waals surface area contributed by atoms with Crippen molar-refractivity contribution in [2.45, 2.75) is 20.4 Å². The first-order chi connectivity index (χ1) is 12.7. The van der Waals surface area contributed by atoms with Crippen LogP contribution in [0.15, 0.2) is 46.6 Å². The molecule has 0 aliphatic heterocycles. The van der Waals surface area contributed by atoms with Gasteiger partial charge in [-0.15, -0.1) is 0 Å². The Kier molecular flexibility index (Phi) is 6.70. The lowest BCUT2D eigenvalue weighted by Gasteiger charge is -2.15. The summed E-state index contributed by atoms with van der Waals surface area (Å²) in [5.41, 5.74) is 2.43. The smallest absolute Gasteiger partial charge is 0.253 e. The Morgan fingerprint density at radius 3 is 2.52 bits per heavy atom. The molecule has 7 nitrogen and oxygen atoms in total. The minimum absolute atomic E-state index is 0.0357. The summed E-state index contributed by atoms with van der Waals surface area (Å²) in [4.78, 5) is 26.7. The van der Waals surface area contributed by atoms with Gasteiger partial charge in [-0.05, 0) is 37.1 Å². The molecule has 27 heavy (non-hydrogen) atoms. The first kappa shape index (κ1) is 20.6. The lowest BCUT2D eigenvalue weighted by molar-refractivity contribution is -0.121. The fraction of sp³-hybridized carbons (Fsp3) is 0.263. The molecule has 1 aromatic carbocycles. The lowest BCUT2D eigenvalue weighted by Crippen LogP contribution is -2.38. The Morgan fingerprint density at radius 2 is 1.89 bits per heavy atom. The highest BCUT2D eigenvalue weighted by molar-refractivity contribution is 7.92. The van der Waals surface area contributed by atoms with E-state index in [4.69, 9.17) is 0 Å². The predicted molar refractivity (Wildman–Crippen MR) is 105 cm³/mol. The number of hydrogen-bond donors (Lipinski definition) is 2. The number of amides is 1. The molecule has 0 bridgehead atoms. The molecule has 1 aromatic heterocycles. The zero-order valence-electron chi connectivity index (χ0n) is 15.5. The third-order valence-corrected chi connectivity index (χ3v) is 5.47. The Morgan fingerprint density at radius 1 is 1.22 bits per heavy atom. The van der Waals surface area contributed by atoms with Crippen molar-refractivity contribution in [1.29, 1.82) is 0 Å². The molecule has 0 atom stereocenters. The van der Waals surface area contributed by atoms with Gasteiger partial charge in [0.2, 0.25) is 15.9 Å². The van der Waals surface area contributed by atoms with Gasteiger partial charge in [-0.2, -0.15) is 4.31 Å². The van der Waals surface area contributed by atoms with Gasteiger partial charge in [0, 0.05) is 30.3 Å². The summed E-state index contributed by atoms with van der Waals surface area (Å²) in [7, 11) is -2.41. The van der Waals surface area contributed by atoms with Crippen LogP contribution in [0.2, 0.25) is 0 Å². The zero-order chi connectivity index (χ0) is 20.0. The van der Waals surface area contributed by atoms with Crippen LogP contribution in [0.3, 0.4) is 0 Å². The van der Waals surface area contributed by atoms with Gasteiger partial charge in [0.15, 0.2) is 0 Å². The van der Waals surface area contributed by atoms with Gasteiger partial charge in [0.05, 0.1) is 6.54 Å². The van der Waals surface area contributed by atoms with Crippen LogP contribution in [-0.4, -0.2) is 37.2 Å². The number of likely N-dealkylation sites (N-methyl/N-ethyl adjacent to an activating group) is 1.